The van der Waals surface area contributed by atoms with Gasteiger partial charge >= 0.3 is 5.97 Å². The summed E-state index contributed by atoms with van der Waals surface area (Å²) in [7, 11) is 1.40. The van der Waals surface area contributed by atoms with Gasteiger partial charge in [0.15, 0.2) is 0 Å². The largest absolute Gasteiger partial charge is 0.469 e. The van der Waals surface area contributed by atoms with Crippen molar-refractivity contribution in [2.75, 3.05) is 7.11 Å². The molecule has 0 bridgehead atoms. The van der Waals surface area contributed by atoms with Crippen LogP contribution in [0.3, 0.4) is 0 Å². The molecule has 0 aliphatic heterocycles. The van der Waals surface area contributed by atoms with Crippen LogP contribution >= 0.6 is 0 Å². The van der Waals surface area contributed by atoms with Gasteiger partial charge in [-0.05, 0) is 38.5 Å². The molecule has 0 saturated heterocycles. The number of rotatable bonds is 14. The molecule has 0 fully saturated rings. The van der Waals surface area contributed by atoms with Gasteiger partial charge in [0.25, 0.3) is 0 Å². The Morgan fingerprint density at radius 3 is 2.10 bits per heavy atom. The van der Waals surface area contributed by atoms with E-state index in [-0.39, 0.29) is 30.5 Å². The second-order valence-electron chi connectivity index (χ2n) is 5.18. The molecular weight excluding hydrogens is 260 g/mol. The molecule has 2 nitrogen and oxygen atoms in total. The Morgan fingerprint density at radius 1 is 0.905 bits per heavy atom. The molecule has 2 heteroatoms. The summed E-state index contributed by atoms with van der Waals surface area (Å²) in [5.41, 5.74) is 0. The van der Waals surface area contributed by atoms with E-state index in [1.165, 1.54) is 7.11 Å². The van der Waals surface area contributed by atoms with Crippen LogP contribution in [0.1, 0.15) is 89.5 Å². The van der Waals surface area contributed by atoms with E-state index >= 15 is 0 Å². The van der Waals surface area contributed by atoms with Gasteiger partial charge in [0.05, 0.1) is 12.6 Å². The van der Waals surface area contributed by atoms with Crippen molar-refractivity contribution < 1.29 is 15.0 Å². The number of methoxy groups -OCH3 is 1. The zero-order valence-electron chi connectivity index (χ0n) is 17.8. The third kappa shape index (κ3) is 16.9. The number of hydrogen-bond donors (Lipinski definition) is 0. The van der Waals surface area contributed by atoms with E-state index in [1.54, 1.807) is 0 Å². The third-order valence-corrected chi connectivity index (χ3v) is 3.24. The summed E-state index contributed by atoms with van der Waals surface area (Å²) in [6.07, 6.45) is 9.40. The van der Waals surface area contributed by atoms with E-state index in [0.717, 1.165) is 51.4 Å². The van der Waals surface area contributed by atoms with Gasteiger partial charge in [0.2, 0.25) is 0 Å². The molecule has 0 N–H and O–H groups in total. The summed E-state index contributed by atoms with van der Waals surface area (Å²) in [5.74, 6) is -0.169. The molecule has 0 rings (SSSR count). The van der Waals surface area contributed by atoms with Crippen LogP contribution in [0.5, 0.6) is 0 Å². The SMILES string of the molecule is [2H]/C(CCCCC)=C(\[2H])C/C([2H])=C(/[2H])CCCCCCCC(=O)OC. The average molecular weight is 299 g/mol. The third-order valence-electron chi connectivity index (χ3n) is 3.24. The van der Waals surface area contributed by atoms with Crippen LogP contribution in [-0.2, 0) is 9.53 Å². The minimum atomic E-state index is -0.169. The highest BCUT2D eigenvalue weighted by atomic mass is 16.5. The van der Waals surface area contributed by atoms with Gasteiger partial charge in [-0.2, -0.15) is 0 Å². The van der Waals surface area contributed by atoms with E-state index in [4.69, 9.17) is 5.48 Å². The van der Waals surface area contributed by atoms with Gasteiger partial charge in [-0.25, -0.2) is 0 Å². The van der Waals surface area contributed by atoms with Crippen LogP contribution in [0.2, 0.25) is 0 Å². The Hall–Kier alpha value is -1.05. The van der Waals surface area contributed by atoms with Crippen LogP contribution < -0.4 is 0 Å². The lowest BCUT2D eigenvalue weighted by Crippen LogP contribution is -1.98. The van der Waals surface area contributed by atoms with Crippen LogP contribution in [0.4, 0.5) is 0 Å². The second kappa shape index (κ2) is 17.0. The molecular formula is C19H34O2. The second-order valence-corrected chi connectivity index (χ2v) is 5.18. The monoisotopic (exact) mass is 298 g/mol. The Bertz CT molecular complexity index is 445. The first-order valence-corrected chi connectivity index (χ1v) is 8.29. The topological polar surface area (TPSA) is 26.3 Å². The molecule has 0 aliphatic carbocycles. The van der Waals surface area contributed by atoms with Crippen molar-refractivity contribution in [3.05, 3.63) is 24.2 Å². The molecule has 0 heterocycles. The lowest BCUT2D eigenvalue weighted by molar-refractivity contribution is -0.140. The number of esters is 1. The smallest absolute Gasteiger partial charge is 0.305 e. The van der Waals surface area contributed by atoms with Crippen molar-refractivity contribution in [1.82, 2.24) is 0 Å². The van der Waals surface area contributed by atoms with E-state index in [9.17, 15) is 4.79 Å². The molecule has 0 aromatic carbocycles. The zero-order valence-corrected chi connectivity index (χ0v) is 13.8. The van der Waals surface area contributed by atoms with Gasteiger partial charge in [0.1, 0.15) is 0 Å². The molecule has 0 spiro atoms. The van der Waals surface area contributed by atoms with E-state index in [0.29, 0.717) is 25.3 Å². The van der Waals surface area contributed by atoms with Gasteiger partial charge in [0, 0.05) is 6.42 Å². The van der Waals surface area contributed by atoms with Gasteiger partial charge < -0.3 is 4.74 Å². The standard InChI is InChI=1S/C19H34O2/c1-3-4-5-6-7-8-9-10-11-12-13-14-15-16-17-18-19(20)21-2/h7-8,10-11H,3-6,9,12-18H2,1-2H3/b8-7-,11-10-/i7D,8D,10D,11D. The van der Waals surface area contributed by atoms with Gasteiger partial charge in [-0.15, -0.1) is 0 Å². The first-order valence-electron chi connectivity index (χ1n) is 10.3. The molecule has 0 aliphatic rings. The summed E-state index contributed by atoms with van der Waals surface area (Å²) in [5, 5.41) is 0. The molecule has 0 atom stereocenters. The lowest BCUT2D eigenvalue weighted by atomic mass is 10.1. The highest BCUT2D eigenvalue weighted by molar-refractivity contribution is 5.68. The van der Waals surface area contributed by atoms with E-state index < -0.39 is 0 Å². The number of unbranched alkanes of at least 4 members (excludes halogenated alkanes) is 6. The number of ether oxygens (including phenoxy) is 1. The fourth-order valence-electron chi connectivity index (χ4n) is 1.92. The fourth-order valence-corrected chi connectivity index (χ4v) is 1.92. The average Bonchev–Trinajstić information content (AvgIpc) is 2.60. The normalized spacial score (nSPS) is 16.1. The first-order chi connectivity index (χ1) is 11.9. The molecule has 0 aromatic rings. The Labute approximate surface area is 137 Å². The van der Waals surface area contributed by atoms with Crippen LogP contribution in [0.15, 0.2) is 24.2 Å². The maximum absolute atomic E-state index is 11.0. The highest BCUT2D eigenvalue weighted by Crippen LogP contribution is 2.08. The van der Waals surface area contributed by atoms with Crippen LogP contribution in [0.25, 0.3) is 0 Å². The van der Waals surface area contributed by atoms with Crippen molar-refractivity contribution in [3.63, 3.8) is 0 Å². The summed E-state index contributed by atoms with van der Waals surface area (Å²) in [4.78, 5) is 11.0. The molecule has 0 aromatic heterocycles. The van der Waals surface area contributed by atoms with Crippen molar-refractivity contribution in [2.24, 2.45) is 0 Å². The minimum Gasteiger partial charge on any atom is -0.469 e. The van der Waals surface area contributed by atoms with Crippen molar-refractivity contribution in [2.45, 2.75) is 84.0 Å². The summed E-state index contributed by atoms with van der Waals surface area (Å²) < 4.78 is 36.2. The van der Waals surface area contributed by atoms with Crippen molar-refractivity contribution in [1.29, 1.82) is 0 Å². The quantitative estimate of drug-likeness (QED) is 0.224. The number of allylic oxidation sites excluding steroid dienone is 4. The van der Waals surface area contributed by atoms with E-state index in [1.807, 2.05) is 0 Å². The maximum Gasteiger partial charge on any atom is 0.305 e. The first kappa shape index (κ1) is 13.6. The Balaban J connectivity index is 4.03. The van der Waals surface area contributed by atoms with Gasteiger partial charge in [-0.3, -0.25) is 4.79 Å². The molecule has 122 valence electrons. The Kier molecular flexibility index (Phi) is 11.0. The van der Waals surface area contributed by atoms with Crippen LogP contribution in [0, 0.1) is 0 Å². The predicted octanol–water partition coefficient (Wildman–Crippen LogP) is 5.97. The Morgan fingerprint density at radius 2 is 1.48 bits per heavy atom. The van der Waals surface area contributed by atoms with Crippen molar-refractivity contribution >= 4 is 5.97 Å². The molecule has 0 saturated carbocycles. The van der Waals surface area contributed by atoms with Gasteiger partial charge in [-0.1, -0.05) is 63.2 Å². The minimum absolute atomic E-state index is 0.100. The molecule has 0 unspecified atom stereocenters. The van der Waals surface area contributed by atoms with Crippen molar-refractivity contribution in [3.8, 4) is 0 Å². The maximum atomic E-state index is 11.0. The molecule has 0 radical (unpaired) electrons. The molecule has 0 amide bonds. The highest BCUT2D eigenvalue weighted by Gasteiger charge is 1.98. The number of hydrogen-bond acceptors (Lipinski definition) is 2. The molecule has 21 heavy (non-hydrogen) atoms. The summed E-state index contributed by atoms with van der Waals surface area (Å²) >= 11 is 0. The number of carbonyl (C=O) groups is 1. The van der Waals surface area contributed by atoms with Crippen LogP contribution in [-0.4, -0.2) is 13.1 Å². The van der Waals surface area contributed by atoms with E-state index in [2.05, 4.69) is 11.7 Å². The lowest BCUT2D eigenvalue weighted by Gasteiger charge is -1.99. The summed E-state index contributed by atoms with van der Waals surface area (Å²) in [6, 6.07) is 0.918. The predicted molar refractivity (Wildman–Crippen MR) is 91.4 cm³/mol. The summed E-state index contributed by atoms with van der Waals surface area (Å²) in [6.45, 7) is 2.10. The fraction of sp³-hybridized carbons (Fsp3) is 0.737. The number of carbonyl (C=O) groups excluding carboxylic acids is 1. The zero-order chi connectivity index (χ0) is 19.1.